The van der Waals surface area contributed by atoms with Crippen molar-refractivity contribution in [2.45, 2.75) is 51.2 Å². The molecule has 6 heteroatoms. The fourth-order valence-electron chi connectivity index (χ4n) is 3.86. The standard InChI is InChI=1S/C18H27NO5/c1-12-6-4-3-5-7-13-8-14(22-11-21-2)9-15(13)17-16(10-23-19-17)18(20)24-12/h5,7,12-16H,3-4,6,8-11H2,1-2H3/b7-5+/t12-,13+,14-,15+,16+/m0/s1. The Morgan fingerprint density at radius 3 is 3.08 bits per heavy atom. The van der Waals surface area contributed by atoms with E-state index < -0.39 is 0 Å². The number of allylic oxidation sites excluding steroid dienone is 2. The maximum Gasteiger partial charge on any atom is 0.318 e. The van der Waals surface area contributed by atoms with Crippen LogP contribution in [0.25, 0.3) is 0 Å². The van der Waals surface area contributed by atoms with Gasteiger partial charge in [0.15, 0.2) is 0 Å². The Morgan fingerprint density at radius 2 is 2.25 bits per heavy atom. The average molecular weight is 337 g/mol. The van der Waals surface area contributed by atoms with Crippen molar-refractivity contribution >= 4 is 11.7 Å². The normalized spacial score (nSPS) is 38.0. The predicted octanol–water partition coefficient (Wildman–Crippen LogP) is 2.68. The van der Waals surface area contributed by atoms with Gasteiger partial charge in [0, 0.05) is 13.0 Å². The highest BCUT2D eigenvalue weighted by atomic mass is 16.7. The smallest absolute Gasteiger partial charge is 0.318 e. The molecule has 0 aromatic heterocycles. The highest BCUT2D eigenvalue weighted by Crippen LogP contribution is 2.39. The largest absolute Gasteiger partial charge is 0.462 e. The Kier molecular flexibility index (Phi) is 5.89. The fraction of sp³-hybridized carbons (Fsp3) is 0.778. The molecule has 5 atom stereocenters. The molecule has 0 saturated heterocycles. The number of fused-ring (bicyclic) bond motifs is 3. The Labute approximate surface area is 143 Å². The minimum atomic E-state index is -0.381. The molecular weight excluding hydrogens is 310 g/mol. The molecule has 0 radical (unpaired) electrons. The van der Waals surface area contributed by atoms with E-state index in [0.717, 1.165) is 37.8 Å². The summed E-state index contributed by atoms with van der Waals surface area (Å²) in [5, 5.41) is 4.21. The minimum absolute atomic E-state index is 0.0654. The van der Waals surface area contributed by atoms with E-state index in [0.29, 0.717) is 12.7 Å². The average Bonchev–Trinajstić information content (AvgIpc) is 3.18. The molecule has 0 aromatic carbocycles. The van der Waals surface area contributed by atoms with Crippen molar-refractivity contribution in [2.75, 3.05) is 20.5 Å². The van der Waals surface area contributed by atoms with E-state index in [1.165, 1.54) is 0 Å². The number of carbonyl (C=O) groups is 1. The lowest BCUT2D eigenvalue weighted by atomic mass is 9.84. The first kappa shape index (κ1) is 17.4. The molecule has 1 fully saturated rings. The SMILES string of the molecule is COCO[C@H]1C[C@H]2/C=C/CCC[C@H](C)OC(=O)[C@@H]3CON=C3[C@@H]2C1. The first-order chi connectivity index (χ1) is 11.7. The van der Waals surface area contributed by atoms with Crippen LogP contribution < -0.4 is 0 Å². The molecule has 0 bridgehead atoms. The molecule has 0 N–H and O–H groups in total. The number of methoxy groups -OCH3 is 1. The third kappa shape index (κ3) is 3.98. The molecule has 0 unspecified atom stereocenters. The van der Waals surface area contributed by atoms with Crippen LogP contribution in [0.1, 0.15) is 39.0 Å². The summed E-state index contributed by atoms with van der Waals surface area (Å²) in [6, 6.07) is 0. The topological polar surface area (TPSA) is 66.4 Å². The number of ether oxygens (including phenoxy) is 3. The van der Waals surface area contributed by atoms with Crippen LogP contribution in [-0.2, 0) is 23.8 Å². The second kappa shape index (κ2) is 8.12. The van der Waals surface area contributed by atoms with Crippen molar-refractivity contribution in [3.63, 3.8) is 0 Å². The van der Waals surface area contributed by atoms with Crippen molar-refractivity contribution in [1.82, 2.24) is 0 Å². The molecule has 0 amide bonds. The first-order valence-corrected chi connectivity index (χ1v) is 8.86. The summed E-state index contributed by atoms with van der Waals surface area (Å²) >= 11 is 0. The summed E-state index contributed by atoms with van der Waals surface area (Å²) in [6.07, 6.45) is 9.23. The number of hydrogen-bond acceptors (Lipinski definition) is 6. The molecule has 2 heterocycles. The highest BCUT2D eigenvalue weighted by molar-refractivity contribution is 6.04. The number of oxime groups is 1. The van der Waals surface area contributed by atoms with Gasteiger partial charge in [0.1, 0.15) is 19.3 Å². The zero-order valence-electron chi connectivity index (χ0n) is 14.5. The van der Waals surface area contributed by atoms with Gasteiger partial charge in [-0.15, -0.1) is 0 Å². The van der Waals surface area contributed by atoms with E-state index in [9.17, 15) is 4.79 Å². The van der Waals surface area contributed by atoms with Crippen LogP contribution in [0.3, 0.4) is 0 Å². The van der Waals surface area contributed by atoms with Crippen molar-refractivity contribution in [2.24, 2.45) is 22.9 Å². The summed E-state index contributed by atoms with van der Waals surface area (Å²) in [6.45, 7) is 2.53. The van der Waals surface area contributed by atoms with Crippen LogP contribution in [0.5, 0.6) is 0 Å². The number of rotatable bonds is 3. The van der Waals surface area contributed by atoms with Gasteiger partial charge < -0.3 is 19.0 Å². The second-order valence-corrected chi connectivity index (χ2v) is 6.91. The Balaban J connectivity index is 1.79. The Bertz CT molecular complexity index is 504. The van der Waals surface area contributed by atoms with Crippen LogP contribution >= 0.6 is 0 Å². The van der Waals surface area contributed by atoms with E-state index in [1.807, 2.05) is 6.92 Å². The molecule has 134 valence electrons. The Hall–Kier alpha value is -1.40. The molecule has 0 spiro atoms. The van der Waals surface area contributed by atoms with Crippen LogP contribution in [0, 0.1) is 17.8 Å². The van der Waals surface area contributed by atoms with Gasteiger partial charge in [0.05, 0.1) is 17.9 Å². The van der Waals surface area contributed by atoms with Gasteiger partial charge in [0.25, 0.3) is 0 Å². The molecule has 3 aliphatic rings. The third-order valence-electron chi connectivity index (χ3n) is 5.10. The monoisotopic (exact) mass is 337 g/mol. The number of esters is 1. The van der Waals surface area contributed by atoms with Gasteiger partial charge in [-0.3, -0.25) is 4.79 Å². The quantitative estimate of drug-likeness (QED) is 0.450. The van der Waals surface area contributed by atoms with E-state index in [-0.39, 0.29) is 36.6 Å². The van der Waals surface area contributed by atoms with Gasteiger partial charge in [-0.05, 0) is 44.9 Å². The van der Waals surface area contributed by atoms with Crippen LogP contribution in [0.2, 0.25) is 0 Å². The van der Waals surface area contributed by atoms with Gasteiger partial charge in [-0.1, -0.05) is 17.3 Å². The fourth-order valence-corrected chi connectivity index (χ4v) is 3.86. The van der Waals surface area contributed by atoms with E-state index in [4.69, 9.17) is 19.0 Å². The summed E-state index contributed by atoms with van der Waals surface area (Å²) in [5.41, 5.74) is 0.825. The second-order valence-electron chi connectivity index (χ2n) is 6.91. The van der Waals surface area contributed by atoms with E-state index in [1.54, 1.807) is 7.11 Å². The van der Waals surface area contributed by atoms with Crippen molar-refractivity contribution in [1.29, 1.82) is 0 Å². The Morgan fingerprint density at radius 1 is 1.38 bits per heavy atom. The predicted molar refractivity (Wildman–Crippen MR) is 88.4 cm³/mol. The van der Waals surface area contributed by atoms with Crippen LogP contribution in [-0.4, -0.2) is 44.4 Å². The van der Waals surface area contributed by atoms with Gasteiger partial charge in [-0.25, -0.2) is 0 Å². The number of cyclic esters (lactones) is 1. The van der Waals surface area contributed by atoms with Crippen LogP contribution in [0.15, 0.2) is 17.3 Å². The van der Waals surface area contributed by atoms with Crippen LogP contribution in [0.4, 0.5) is 0 Å². The first-order valence-electron chi connectivity index (χ1n) is 8.86. The lowest BCUT2D eigenvalue weighted by Gasteiger charge is -2.21. The van der Waals surface area contributed by atoms with Crippen molar-refractivity contribution in [3.05, 3.63) is 12.2 Å². The molecule has 2 aliphatic heterocycles. The molecule has 1 saturated carbocycles. The maximum atomic E-state index is 12.5. The van der Waals surface area contributed by atoms with Crippen molar-refractivity contribution in [3.8, 4) is 0 Å². The molecule has 0 aromatic rings. The summed E-state index contributed by atoms with van der Waals surface area (Å²) in [5.74, 6) is -0.102. The van der Waals surface area contributed by atoms with Gasteiger partial charge in [-0.2, -0.15) is 0 Å². The summed E-state index contributed by atoms with van der Waals surface area (Å²) in [4.78, 5) is 17.8. The highest BCUT2D eigenvalue weighted by Gasteiger charge is 2.44. The molecule has 3 rings (SSSR count). The molecule has 24 heavy (non-hydrogen) atoms. The van der Waals surface area contributed by atoms with E-state index in [2.05, 4.69) is 17.3 Å². The third-order valence-corrected chi connectivity index (χ3v) is 5.10. The minimum Gasteiger partial charge on any atom is -0.462 e. The molecular formula is C18H27NO5. The summed E-state index contributed by atoms with van der Waals surface area (Å²) < 4.78 is 16.4. The number of nitrogens with zero attached hydrogens (tertiary/aromatic N) is 1. The number of hydrogen-bond donors (Lipinski definition) is 0. The van der Waals surface area contributed by atoms with E-state index >= 15 is 0 Å². The summed E-state index contributed by atoms with van der Waals surface area (Å²) in [7, 11) is 1.63. The van der Waals surface area contributed by atoms with Gasteiger partial charge >= 0.3 is 5.97 Å². The number of carbonyl (C=O) groups excluding carboxylic acids is 1. The van der Waals surface area contributed by atoms with Crippen molar-refractivity contribution < 1.29 is 23.8 Å². The molecule has 6 nitrogen and oxygen atoms in total. The molecule has 1 aliphatic carbocycles. The zero-order valence-corrected chi connectivity index (χ0v) is 14.5. The lowest BCUT2D eigenvalue weighted by Crippen LogP contribution is -2.34. The zero-order chi connectivity index (χ0) is 16.9. The lowest BCUT2D eigenvalue weighted by molar-refractivity contribution is -0.152. The maximum absolute atomic E-state index is 12.5. The van der Waals surface area contributed by atoms with Gasteiger partial charge in [0.2, 0.25) is 0 Å².